The monoisotopic (exact) mass is 314 g/mol. The molecule has 6 heteroatoms. The van der Waals surface area contributed by atoms with Gasteiger partial charge in [-0.3, -0.25) is 9.59 Å². The Bertz CT molecular complexity index is 675. The molecule has 0 radical (unpaired) electrons. The highest BCUT2D eigenvalue weighted by Crippen LogP contribution is 2.54. The third-order valence-corrected chi connectivity index (χ3v) is 4.83. The molecule has 2 aliphatic rings. The molecule has 2 unspecified atom stereocenters. The highest BCUT2D eigenvalue weighted by Gasteiger charge is 2.64. The van der Waals surface area contributed by atoms with Crippen molar-refractivity contribution in [2.75, 3.05) is 13.7 Å². The Balaban J connectivity index is 1.85. The highest BCUT2D eigenvalue weighted by molar-refractivity contribution is 5.95. The summed E-state index contributed by atoms with van der Waals surface area (Å²) in [6.45, 7) is 0.396. The van der Waals surface area contributed by atoms with Crippen LogP contribution in [0.5, 0.6) is 5.75 Å². The van der Waals surface area contributed by atoms with Gasteiger partial charge in [-0.15, -0.1) is 0 Å². The second-order valence-electron chi connectivity index (χ2n) is 6.18. The fraction of sp³-hybridized carbons (Fsp3) is 0.471. The van der Waals surface area contributed by atoms with Crippen LogP contribution in [0.25, 0.3) is 0 Å². The highest BCUT2D eigenvalue weighted by atomic mass is 16.5. The Morgan fingerprint density at radius 1 is 1.43 bits per heavy atom. The van der Waals surface area contributed by atoms with Crippen molar-refractivity contribution in [2.45, 2.75) is 19.4 Å². The summed E-state index contributed by atoms with van der Waals surface area (Å²) in [5.74, 6) is -1.77. The summed E-state index contributed by atoms with van der Waals surface area (Å²) in [7, 11) is 1.58. The van der Waals surface area contributed by atoms with Crippen LogP contribution >= 0.6 is 0 Å². The number of carboxylic acids is 1. The predicted octanol–water partition coefficient (Wildman–Crippen LogP) is 1.66. The Morgan fingerprint density at radius 3 is 2.57 bits per heavy atom. The summed E-state index contributed by atoms with van der Waals surface area (Å²) < 4.78 is 5.10. The van der Waals surface area contributed by atoms with E-state index < -0.39 is 17.3 Å². The van der Waals surface area contributed by atoms with Crippen LogP contribution in [0.4, 0.5) is 0 Å². The molecule has 6 nitrogen and oxygen atoms in total. The number of rotatable bonds is 5. The summed E-state index contributed by atoms with van der Waals surface area (Å²) in [5, 5.41) is 19.1. The number of methoxy groups -OCH3 is 1. The average Bonchev–Trinajstić information content (AvgIpc) is 3.35. The Hall–Kier alpha value is -2.55. The van der Waals surface area contributed by atoms with Crippen molar-refractivity contribution in [2.24, 2.45) is 17.3 Å². The number of nitriles is 1. The lowest BCUT2D eigenvalue weighted by Gasteiger charge is -2.22. The predicted molar refractivity (Wildman–Crippen MR) is 80.3 cm³/mol. The van der Waals surface area contributed by atoms with Crippen LogP contribution in [0, 0.1) is 28.6 Å². The number of likely N-dealkylation sites (tertiary alicyclic amines) is 1. The first-order chi connectivity index (χ1) is 11.0. The van der Waals surface area contributed by atoms with Crippen LogP contribution in [0.3, 0.4) is 0 Å². The van der Waals surface area contributed by atoms with Crippen molar-refractivity contribution < 1.29 is 19.4 Å². The summed E-state index contributed by atoms with van der Waals surface area (Å²) in [6, 6.07) is 9.33. The van der Waals surface area contributed by atoms with E-state index in [4.69, 9.17) is 4.74 Å². The van der Waals surface area contributed by atoms with Gasteiger partial charge in [-0.2, -0.15) is 5.26 Å². The van der Waals surface area contributed by atoms with Crippen LogP contribution < -0.4 is 4.74 Å². The SMILES string of the molecule is COc1ccc(CN2CC(C(=O)O)C(C#N)(C3CC3)C2=O)cc1. The quantitative estimate of drug-likeness (QED) is 0.892. The van der Waals surface area contributed by atoms with Crippen molar-refractivity contribution in [1.82, 2.24) is 4.90 Å². The van der Waals surface area contributed by atoms with E-state index in [1.165, 1.54) is 4.90 Å². The number of ether oxygens (including phenoxy) is 1. The topological polar surface area (TPSA) is 90.6 Å². The maximum absolute atomic E-state index is 12.8. The van der Waals surface area contributed by atoms with Gasteiger partial charge in [-0.1, -0.05) is 12.1 Å². The van der Waals surface area contributed by atoms with Gasteiger partial charge < -0.3 is 14.7 Å². The normalized spacial score (nSPS) is 26.9. The number of benzene rings is 1. The lowest BCUT2D eigenvalue weighted by atomic mass is 9.74. The number of hydrogen-bond donors (Lipinski definition) is 1. The standard InChI is InChI=1S/C17H18N2O4/c1-23-13-6-2-11(3-7-13)8-19-9-14(15(20)21)17(10-18,16(19)22)12-4-5-12/h2-3,6-7,12,14H,4-5,8-9H2,1H3,(H,20,21). The van der Waals surface area contributed by atoms with Crippen molar-refractivity contribution in [3.63, 3.8) is 0 Å². The molecule has 1 aliphatic carbocycles. The van der Waals surface area contributed by atoms with Gasteiger partial charge in [0.1, 0.15) is 11.7 Å². The van der Waals surface area contributed by atoms with Crippen LogP contribution in [-0.4, -0.2) is 35.5 Å². The molecule has 1 amide bonds. The molecule has 0 bridgehead atoms. The second-order valence-corrected chi connectivity index (χ2v) is 6.18. The molecule has 23 heavy (non-hydrogen) atoms. The maximum Gasteiger partial charge on any atom is 0.310 e. The zero-order valence-electron chi connectivity index (χ0n) is 12.9. The first-order valence-corrected chi connectivity index (χ1v) is 7.59. The molecule has 0 spiro atoms. The lowest BCUT2D eigenvalue weighted by Crippen LogP contribution is -2.39. The Labute approximate surface area is 134 Å². The van der Waals surface area contributed by atoms with Crippen LogP contribution in [0.15, 0.2) is 24.3 Å². The van der Waals surface area contributed by atoms with E-state index in [-0.39, 0.29) is 18.4 Å². The third kappa shape index (κ3) is 2.42. The minimum absolute atomic E-state index is 0.0876. The van der Waals surface area contributed by atoms with E-state index in [1.807, 2.05) is 12.1 Å². The molecule has 1 saturated carbocycles. The van der Waals surface area contributed by atoms with Gasteiger partial charge in [0.2, 0.25) is 5.91 Å². The zero-order chi connectivity index (χ0) is 16.6. The molecule has 0 aromatic heterocycles. The molecular weight excluding hydrogens is 296 g/mol. The van der Waals surface area contributed by atoms with Crippen LogP contribution in [0.1, 0.15) is 18.4 Å². The first-order valence-electron chi connectivity index (χ1n) is 7.59. The minimum Gasteiger partial charge on any atom is -0.497 e. The van der Waals surface area contributed by atoms with E-state index in [9.17, 15) is 20.0 Å². The summed E-state index contributed by atoms with van der Waals surface area (Å²) in [5.41, 5.74) is -0.508. The Kier molecular flexibility index (Phi) is 3.72. The smallest absolute Gasteiger partial charge is 0.310 e. The van der Waals surface area contributed by atoms with E-state index in [2.05, 4.69) is 6.07 Å². The summed E-state index contributed by atoms with van der Waals surface area (Å²) in [4.78, 5) is 25.9. The number of hydrogen-bond acceptors (Lipinski definition) is 4. The summed E-state index contributed by atoms with van der Waals surface area (Å²) in [6.07, 6.45) is 1.50. The second kappa shape index (κ2) is 5.58. The van der Waals surface area contributed by atoms with E-state index >= 15 is 0 Å². The fourth-order valence-electron chi connectivity index (χ4n) is 3.43. The molecule has 1 aliphatic heterocycles. The van der Waals surface area contributed by atoms with Gasteiger partial charge in [0.15, 0.2) is 5.41 Å². The molecular formula is C17H18N2O4. The molecule has 2 atom stereocenters. The van der Waals surface area contributed by atoms with Crippen LogP contribution in [-0.2, 0) is 16.1 Å². The van der Waals surface area contributed by atoms with Gasteiger partial charge in [0, 0.05) is 13.1 Å². The number of carboxylic acid groups (broad SMARTS) is 1. The average molecular weight is 314 g/mol. The number of carbonyl (C=O) groups is 2. The third-order valence-electron chi connectivity index (χ3n) is 4.83. The van der Waals surface area contributed by atoms with Crippen molar-refractivity contribution >= 4 is 11.9 Å². The van der Waals surface area contributed by atoms with Gasteiger partial charge in [0.05, 0.1) is 13.2 Å². The number of aliphatic carboxylic acids is 1. The maximum atomic E-state index is 12.8. The summed E-state index contributed by atoms with van der Waals surface area (Å²) >= 11 is 0. The van der Waals surface area contributed by atoms with E-state index in [1.54, 1.807) is 19.2 Å². The molecule has 120 valence electrons. The van der Waals surface area contributed by atoms with Gasteiger partial charge in [-0.05, 0) is 36.5 Å². The number of nitrogens with zero attached hydrogens (tertiary/aromatic N) is 2. The largest absolute Gasteiger partial charge is 0.497 e. The zero-order valence-corrected chi connectivity index (χ0v) is 12.9. The molecule has 1 aromatic rings. The molecule has 3 rings (SSSR count). The molecule has 1 heterocycles. The van der Waals surface area contributed by atoms with Crippen molar-refractivity contribution in [3.05, 3.63) is 29.8 Å². The van der Waals surface area contributed by atoms with Gasteiger partial charge >= 0.3 is 5.97 Å². The minimum atomic E-state index is -1.39. The number of carbonyl (C=O) groups excluding carboxylic acids is 1. The first kappa shape index (κ1) is 15.3. The van der Waals surface area contributed by atoms with E-state index in [0.717, 1.165) is 18.4 Å². The molecule has 1 N–H and O–H groups in total. The fourth-order valence-corrected chi connectivity index (χ4v) is 3.43. The molecule has 1 saturated heterocycles. The molecule has 1 aromatic carbocycles. The molecule has 2 fully saturated rings. The van der Waals surface area contributed by atoms with Crippen molar-refractivity contribution in [1.29, 1.82) is 5.26 Å². The van der Waals surface area contributed by atoms with Gasteiger partial charge in [0.25, 0.3) is 0 Å². The Morgan fingerprint density at radius 2 is 2.09 bits per heavy atom. The van der Waals surface area contributed by atoms with Gasteiger partial charge in [-0.25, -0.2) is 0 Å². The van der Waals surface area contributed by atoms with Crippen LogP contribution in [0.2, 0.25) is 0 Å². The van der Waals surface area contributed by atoms with Crippen molar-refractivity contribution in [3.8, 4) is 11.8 Å². The van der Waals surface area contributed by atoms with E-state index in [0.29, 0.717) is 12.3 Å². The lowest BCUT2D eigenvalue weighted by molar-refractivity contribution is -0.147. The number of amides is 1.